The van der Waals surface area contributed by atoms with E-state index in [0.29, 0.717) is 5.56 Å². The molecule has 3 aromatic rings. The maximum Gasteiger partial charge on any atom is 0.255 e. The molecule has 0 saturated carbocycles. The number of benzene rings is 2. The second-order valence-corrected chi connectivity index (χ2v) is 5.67. The number of nitrogens with zero attached hydrogens (tertiary/aromatic N) is 3. The Bertz CT molecular complexity index is 828. The van der Waals surface area contributed by atoms with Crippen LogP contribution in [-0.4, -0.2) is 27.2 Å². The van der Waals surface area contributed by atoms with Crippen molar-refractivity contribution >= 4 is 34.4 Å². The lowest BCUT2D eigenvalue weighted by Crippen LogP contribution is -2.11. The summed E-state index contributed by atoms with van der Waals surface area (Å²) in [5, 5.41) is 11.1. The van der Waals surface area contributed by atoms with Gasteiger partial charge < -0.3 is 5.32 Å². The molecular weight excluding hydrogens is 296 g/mol. The van der Waals surface area contributed by atoms with Crippen LogP contribution in [0.25, 0.3) is 11.0 Å². The van der Waals surface area contributed by atoms with E-state index < -0.39 is 0 Å². The van der Waals surface area contributed by atoms with Gasteiger partial charge in [0.25, 0.3) is 5.91 Å². The molecule has 3 rings (SSSR count). The fraction of sp³-hybridized carbons (Fsp3) is 0.188. The van der Waals surface area contributed by atoms with Crippen LogP contribution in [-0.2, 0) is 6.54 Å². The molecule has 1 aromatic heterocycles. The summed E-state index contributed by atoms with van der Waals surface area (Å²) in [5.74, 6) is -0.147. The van der Waals surface area contributed by atoms with Gasteiger partial charge in [0.2, 0.25) is 0 Å². The summed E-state index contributed by atoms with van der Waals surface area (Å²) in [6, 6.07) is 13.2. The van der Waals surface area contributed by atoms with E-state index in [1.807, 2.05) is 43.5 Å². The van der Waals surface area contributed by atoms with Crippen molar-refractivity contribution in [1.29, 1.82) is 0 Å². The third kappa shape index (κ3) is 2.82. The van der Waals surface area contributed by atoms with E-state index in [2.05, 4.69) is 15.6 Å². The van der Waals surface area contributed by atoms with Gasteiger partial charge >= 0.3 is 0 Å². The van der Waals surface area contributed by atoms with Crippen molar-refractivity contribution in [2.75, 3.05) is 11.6 Å². The molecule has 5 nitrogen and oxygen atoms in total. The molecule has 0 saturated heterocycles. The van der Waals surface area contributed by atoms with E-state index in [0.717, 1.165) is 28.2 Å². The number of aryl methyl sites for hydroxylation is 1. The van der Waals surface area contributed by atoms with Crippen LogP contribution in [0, 0.1) is 0 Å². The van der Waals surface area contributed by atoms with Gasteiger partial charge in [-0.25, -0.2) is 4.68 Å². The Balaban J connectivity index is 1.85. The Morgan fingerprint density at radius 1 is 1.27 bits per heavy atom. The van der Waals surface area contributed by atoms with E-state index in [9.17, 15) is 4.79 Å². The lowest BCUT2D eigenvalue weighted by atomic mass is 10.2. The van der Waals surface area contributed by atoms with Gasteiger partial charge in [-0.2, -0.15) is 0 Å². The van der Waals surface area contributed by atoms with Crippen molar-refractivity contribution in [3.05, 3.63) is 48.0 Å². The van der Waals surface area contributed by atoms with E-state index in [4.69, 9.17) is 0 Å². The number of aromatic nitrogens is 3. The highest BCUT2D eigenvalue weighted by Gasteiger charge is 2.10. The fourth-order valence-corrected chi connectivity index (χ4v) is 2.71. The van der Waals surface area contributed by atoms with Crippen LogP contribution in [0.15, 0.2) is 47.4 Å². The molecule has 22 heavy (non-hydrogen) atoms. The standard InChI is InChI=1S/C16H16N4OS/c1-3-20-15-8-7-11(9-14(15)18-19-20)16(21)17-12-5-4-6-13(10-12)22-2/h4-10H,3H2,1-2H3,(H,17,21). The maximum absolute atomic E-state index is 12.4. The third-order valence-corrected chi connectivity index (χ3v) is 4.13. The first kappa shape index (κ1) is 14.6. The molecule has 0 unspecified atom stereocenters. The van der Waals surface area contributed by atoms with Crippen LogP contribution in [0.5, 0.6) is 0 Å². The largest absolute Gasteiger partial charge is 0.322 e. The highest BCUT2D eigenvalue weighted by Crippen LogP contribution is 2.20. The zero-order valence-electron chi connectivity index (χ0n) is 12.4. The number of carbonyl (C=O) groups is 1. The predicted molar refractivity (Wildman–Crippen MR) is 89.4 cm³/mol. The molecule has 0 spiro atoms. The molecule has 0 aliphatic rings. The minimum atomic E-state index is -0.147. The summed E-state index contributed by atoms with van der Waals surface area (Å²) in [4.78, 5) is 13.5. The van der Waals surface area contributed by atoms with E-state index in [-0.39, 0.29) is 5.91 Å². The monoisotopic (exact) mass is 312 g/mol. The Hall–Kier alpha value is -2.34. The van der Waals surface area contributed by atoms with Gasteiger partial charge in [0.05, 0.1) is 5.52 Å². The topological polar surface area (TPSA) is 59.8 Å². The summed E-state index contributed by atoms with van der Waals surface area (Å²) in [5.41, 5.74) is 3.02. The third-order valence-electron chi connectivity index (χ3n) is 3.40. The minimum Gasteiger partial charge on any atom is -0.322 e. The number of thioether (sulfide) groups is 1. The second-order valence-electron chi connectivity index (χ2n) is 4.79. The molecule has 2 aromatic carbocycles. The summed E-state index contributed by atoms with van der Waals surface area (Å²) >= 11 is 1.64. The summed E-state index contributed by atoms with van der Waals surface area (Å²) in [6.45, 7) is 2.76. The Kier molecular flexibility index (Phi) is 4.11. The van der Waals surface area contributed by atoms with Gasteiger partial charge in [-0.3, -0.25) is 4.79 Å². The van der Waals surface area contributed by atoms with Crippen molar-refractivity contribution in [2.24, 2.45) is 0 Å². The van der Waals surface area contributed by atoms with Gasteiger partial charge in [-0.05, 0) is 49.6 Å². The number of fused-ring (bicyclic) bond motifs is 1. The average Bonchev–Trinajstić information content (AvgIpc) is 2.97. The summed E-state index contributed by atoms with van der Waals surface area (Å²) in [6.07, 6.45) is 2.01. The van der Waals surface area contributed by atoms with Crippen LogP contribution in [0.3, 0.4) is 0 Å². The zero-order chi connectivity index (χ0) is 15.5. The SMILES string of the molecule is CCn1nnc2cc(C(=O)Nc3cccc(SC)c3)ccc21. The van der Waals surface area contributed by atoms with Crippen LogP contribution in [0.4, 0.5) is 5.69 Å². The van der Waals surface area contributed by atoms with E-state index >= 15 is 0 Å². The first-order valence-corrected chi connectivity index (χ1v) is 8.22. The number of rotatable bonds is 4. The van der Waals surface area contributed by atoms with Crippen molar-refractivity contribution in [2.45, 2.75) is 18.4 Å². The van der Waals surface area contributed by atoms with Crippen molar-refractivity contribution in [1.82, 2.24) is 15.0 Å². The fourth-order valence-electron chi connectivity index (χ4n) is 2.25. The van der Waals surface area contributed by atoms with Gasteiger partial charge in [0.1, 0.15) is 5.52 Å². The maximum atomic E-state index is 12.4. The summed E-state index contributed by atoms with van der Waals surface area (Å²) < 4.78 is 1.80. The molecular formula is C16H16N4OS. The lowest BCUT2D eigenvalue weighted by molar-refractivity contribution is 0.102. The van der Waals surface area contributed by atoms with E-state index in [1.54, 1.807) is 28.6 Å². The molecule has 0 atom stereocenters. The molecule has 0 aliphatic heterocycles. The van der Waals surface area contributed by atoms with Crippen molar-refractivity contribution in [3.8, 4) is 0 Å². The Labute approximate surface area is 132 Å². The molecule has 112 valence electrons. The van der Waals surface area contributed by atoms with Gasteiger partial charge in [0, 0.05) is 22.7 Å². The van der Waals surface area contributed by atoms with Crippen LogP contribution < -0.4 is 5.32 Å². The van der Waals surface area contributed by atoms with Crippen molar-refractivity contribution < 1.29 is 4.79 Å². The minimum absolute atomic E-state index is 0.147. The quantitative estimate of drug-likeness (QED) is 0.750. The van der Waals surface area contributed by atoms with E-state index in [1.165, 1.54) is 0 Å². The number of amides is 1. The summed E-state index contributed by atoms with van der Waals surface area (Å²) in [7, 11) is 0. The molecule has 0 bridgehead atoms. The number of carbonyl (C=O) groups excluding carboxylic acids is 1. The smallest absolute Gasteiger partial charge is 0.255 e. The average molecular weight is 312 g/mol. The number of hydrogen-bond donors (Lipinski definition) is 1. The van der Waals surface area contributed by atoms with Crippen LogP contribution in [0.1, 0.15) is 17.3 Å². The Morgan fingerprint density at radius 2 is 2.14 bits per heavy atom. The van der Waals surface area contributed by atoms with Crippen LogP contribution >= 0.6 is 11.8 Å². The molecule has 0 fully saturated rings. The predicted octanol–water partition coefficient (Wildman–Crippen LogP) is 3.43. The van der Waals surface area contributed by atoms with Crippen molar-refractivity contribution in [3.63, 3.8) is 0 Å². The first-order valence-electron chi connectivity index (χ1n) is 7.00. The molecule has 0 aliphatic carbocycles. The Morgan fingerprint density at radius 3 is 2.91 bits per heavy atom. The van der Waals surface area contributed by atoms with Gasteiger partial charge in [0.15, 0.2) is 0 Å². The normalized spacial score (nSPS) is 10.8. The number of anilines is 1. The van der Waals surface area contributed by atoms with Gasteiger partial charge in [-0.1, -0.05) is 11.3 Å². The highest BCUT2D eigenvalue weighted by atomic mass is 32.2. The molecule has 6 heteroatoms. The molecule has 0 radical (unpaired) electrons. The first-order chi connectivity index (χ1) is 10.7. The molecule has 1 N–H and O–H groups in total. The highest BCUT2D eigenvalue weighted by molar-refractivity contribution is 7.98. The lowest BCUT2D eigenvalue weighted by Gasteiger charge is -2.06. The number of nitrogens with one attached hydrogen (secondary N) is 1. The zero-order valence-corrected chi connectivity index (χ0v) is 13.2. The van der Waals surface area contributed by atoms with Gasteiger partial charge in [-0.15, -0.1) is 16.9 Å². The molecule has 1 heterocycles. The number of hydrogen-bond acceptors (Lipinski definition) is 4. The second kappa shape index (κ2) is 6.19. The molecule has 1 amide bonds. The van der Waals surface area contributed by atoms with Crippen LogP contribution in [0.2, 0.25) is 0 Å².